The molecule has 0 aliphatic carbocycles. The molecule has 108 valence electrons. The van der Waals surface area contributed by atoms with E-state index in [9.17, 15) is 0 Å². The summed E-state index contributed by atoms with van der Waals surface area (Å²) in [4.78, 5) is 0. The summed E-state index contributed by atoms with van der Waals surface area (Å²) in [5.74, 6) is 0. The van der Waals surface area contributed by atoms with Crippen molar-refractivity contribution >= 4 is 8.80 Å². The third-order valence-electron chi connectivity index (χ3n) is 4.33. The molecule has 0 N–H and O–H groups in total. The van der Waals surface area contributed by atoms with Crippen LogP contribution >= 0.6 is 0 Å². The molecule has 0 aromatic rings. The molecule has 18 heavy (non-hydrogen) atoms. The minimum absolute atomic E-state index is 0.571. The van der Waals surface area contributed by atoms with Crippen molar-refractivity contribution < 1.29 is 22.5 Å². The minimum atomic E-state index is -2.54. The standard InChI is InChI=1S/C12H28NO4Si/c1-6-12(2)13(7-9-17-10-8-13)11-18(14-3,15-4)16-5/h12H,6-11H2,1-5H3/q+1. The van der Waals surface area contributed by atoms with Gasteiger partial charge in [-0.1, -0.05) is 6.92 Å². The Hall–Kier alpha value is 0.0169. The number of nitrogens with zero attached hydrogens (tertiary/aromatic N) is 1. The normalized spacial score (nSPS) is 21.8. The Morgan fingerprint density at radius 1 is 1.11 bits per heavy atom. The molecule has 1 rings (SSSR count). The molecule has 1 aliphatic heterocycles. The van der Waals surface area contributed by atoms with E-state index in [4.69, 9.17) is 18.0 Å². The zero-order valence-corrected chi connectivity index (χ0v) is 13.4. The van der Waals surface area contributed by atoms with Crippen LogP contribution in [0.5, 0.6) is 0 Å². The molecular weight excluding hydrogens is 250 g/mol. The summed E-state index contributed by atoms with van der Waals surface area (Å²) >= 11 is 0. The fourth-order valence-corrected chi connectivity index (χ4v) is 4.96. The summed E-state index contributed by atoms with van der Waals surface area (Å²) in [6.07, 6.45) is 1.97. The maximum absolute atomic E-state index is 5.60. The zero-order valence-electron chi connectivity index (χ0n) is 12.4. The van der Waals surface area contributed by atoms with E-state index in [2.05, 4.69) is 13.8 Å². The van der Waals surface area contributed by atoms with E-state index in [1.807, 2.05) is 0 Å². The fourth-order valence-electron chi connectivity index (χ4n) is 2.68. The lowest BCUT2D eigenvalue weighted by atomic mass is 10.1. The molecule has 0 aromatic carbocycles. The molecule has 5 nitrogen and oxygen atoms in total. The highest BCUT2D eigenvalue weighted by Gasteiger charge is 2.50. The van der Waals surface area contributed by atoms with Crippen molar-refractivity contribution in [2.45, 2.75) is 26.3 Å². The van der Waals surface area contributed by atoms with Crippen molar-refractivity contribution in [1.29, 1.82) is 0 Å². The molecule has 1 fully saturated rings. The molecule has 0 spiro atoms. The molecule has 1 heterocycles. The first-order chi connectivity index (χ1) is 8.58. The summed E-state index contributed by atoms with van der Waals surface area (Å²) < 4.78 is 23.3. The fraction of sp³-hybridized carbons (Fsp3) is 1.00. The van der Waals surface area contributed by atoms with Gasteiger partial charge in [0.15, 0.2) is 0 Å². The molecule has 1 aliphatic rings. The minimum Gasteiger partial charge on any atom is -0.374 e. The van der Waals surface area contributed by atoms with Gasteiger partial charge in [-0.2, -0.15) is 0 Å². The molecule has 0 saturated carbocycles. The van der Waals surface area contributed by atoms with Gasteiger partial charge in [0.05, 0.1) is 19.3 Å². The Bertz CT molecular complexity index is 234. The van der Waals surface area contributed by atoms with E-state index in [1.165, 1.54) is 0 Å². The highest BCUT2D eigenvalue weighted by atomic mass is 28.4. The van der Waals surface area contributed by atoms with Crippen molar-refractivity contribution in [1.82, 2.24) is 0 Å². The Morgan fingerprint density at radius 2 is 1.61 bits per heavy atom. The van der Waals surface area contributed by atoms with Crippen LogP contribution in [-0.2, 0) is 18.0 Å². The molecule has 0 aromatic heterocycles. The van der Waals surface area contributed by atoms with Gasteiger partial charge >= 0.3 is 8.80 Å². The number of quaternary nitrogens is 1. The number of hydrogen-bond donors (Lipinski definition) is 0. The maximum atomic E-state index is 5.60. The van der Waals surface area contributed by atoms with Gasteiger partial charge in [-0.25, -0.2) is 0 Å². The largest absolute Gasteiger partial charge is 0.558 e. The number of rotatable bonds is 7. The van der Waals surface area contributed by atoms with Gasteiger partial charge in [0, 0.05) is 21.3 Å². The number of ether oxygens (including phenoxy) is 1. The van der Waals surface area contributed by atoms with E-state index in [-0.39, 0.29) is 0 Å². The first kappa shape index (κ1) is 16.1. The molecule has 1 saturated heterocycles. The van der Waals surface area contributed by atoms with Crippen LogP contribution in [0.1, 0.15) is 20.3 Å². The lowest BCUT2D eigenvalue weighted by Crippen LogP contribution is -2.68. The highest BCUT2D eigenvalue weighted by Crippen LogP contribution is 2.24. The lowest BCUT2D eigenvalue weighted by molar-refractivity contribution is -0.949. The summed E-state index contributed by atoms with van der Waals surface area (Å²) in [7, 11) is 2.52. The van der Waals surface area contributed by atoms with Crippen LogP contribution < -0.4 is 0 Å². The average molecular weight is 278 g/mol. The average Bonchev–Trinajstić information content (AvgIpc) is 2.45. The first-order valence-corrected chi connectivity index (χ1v) is 8.60. The molecule has 0 radical (unpaired) electrons. The van der Waals surface area contributed by atoms with Crippen molar-refractivity contribution in [3.05, 3.63) is 0 Å². The summed E-state index contributed by atoms with van der Waals surface area (Å²) in [5, 5.41) is 0. The smallest absolute Gasteiger partial charge is 0.374 e. The monoisotopic (exact) mass is 278 g/mol. The quantitative estimate of drug-likeness (QED) is 0.515. The van der Waals surface area contributed by atoms with E-state index in [0.29, 0.717) is 6.04 Å². The predicted molar refractivity (Wildman–Crippen MR) is 72.2 cm³/mol. The zero-order chi connectivity index (χ0) is 13.6. The van der Waals surface area contributed by atoms with E-state index >= 15 is 0 Å². The summed E-state index contributed by atoms with van der Waals surface area (Å²) in [5.41, 5.74) is 0. The lowest BCUT2D eigenvalue weighted by Gasteiger charge is -2.47. The van der Waals surface area contributed by atoms with Crippen molar-refractivity contribution in [2.75, 3.05) is 53.8 Å². The molecule has 0 amide bonds. The summed E-state index contributed by atoms with van der Waals surface area (Å²) in [6, 6.07) is 0.571. The van der Waals surface area contributed by atoms with Gasteiger partial charge in [-0.15, -0.1) is 0 Å². The first-order valence-electron chi connectivity index (χ1n) is 6.67. The Morgan fingerprint density at radius 3 is 2.00 bits per heavy atom. The van der Waals surface area contributed by atoms with Gasteiger partial charge in [0.25, 0.3) is 0 Å². The van der Waals surface area contributed by atoms with Crippen LogP contribution in [0.2, 0.25) is 0 Å². The van der Waals surface area contributed by atoms with Gasteiger partial charge in [-0.05, 0) is 13.3 Å². The predicted octanol–water partition coefficient (Wildman–Crippen LogP) is 1.05. The SMILES string of the molecule is CCC(C)[N+]1(C[Si](OC)(OC)OC)CCOCC1. The van der Waals surface area contributed by atoms with E-state index in [0.717, 1.165) is 43.4 Å². The van der Waals surface area contributed by atoms with Crippen LogP contribution in [0.3, 0.4) is 0 Å². The van der Waals surface area contributed by atoms with Gasteiger partial charge in [0.2, 0.25) is 0 Å². The van der Waals surface area contributed by atoms with Gasteiger partial charge in [0.1, 0.15) is 19.3 Å². The number of morpholine rings is 1. The van der Waals surface area contributed by atoms with Crippen LogP contribution in [0, 0.1) is 0 Å². The topological polar surface area (TPSA) is 36.9 Å². The molecule has 1 atom stereocenters. The Kier molecular flexibility index (Phi) is 6.23. The molecule has 1 unspecified atom stereocenters. The third-order valence-corrected chi connectivity index (χ3v) is 7.21. The van der Waals surface area contributed by atoms with Crippen LogP contribution in [-0.4, -0.2) is 73.1 Å². The third kappa shape index (κ3) is 3.31. The van der Waals surface area contributed by atoms with E-state index in [1.54, 1.807) is 21.3 Å². The van der Waals surface area contributed by atoms with Crippen molar-refractivity contribution in [2.24, 2.45) is 0 Å². The summed E-state index contributed by atoms with van der Waals surface area (Å²) in [6.45, 7) is 8.18. The van der Waals surface area contributed by atoms with Gasteiger partial charge in [-0.3, -0.25) is 0 Å². The second-order valence-corrected chi connectivity index (χ2v) is 7.90. The van der Waals surface area contributed by atoms with Crippen LogP contribution in [0.4, 0.5) is 0 Å². The van der Waals surface area contributed by atoms with Crippen LogP contribution in [0.15, 0.2) is 0 Å². The maximum Gasteiger partial charge on any atom is 0.558 e. The van der Waals surface area contributed by atoms with E-state index < -0.39 is 8.80 Å². The van der Waals surface area contributed by atoms with Gasteiger partial charge < -0.3 is 22.5 Å². The molecule has 6 heteroatoms. The Balaban J connectivity index is 2.89. The second-order valence-electron chi connectivity index (χ2n) is 4.99. The van der Waals surface area contributed by atoms with Crippen LogP contribution in [0.25, 0.3) is 0 Å². The Labute approximate surface area is 112 Å². The molecular formula is C12H28NO4Si+. The van der Waals surface area contributed by atoms with Crippen molar-refractivity contribution in [3.8, 4) is 0 Å². The van der Waals surface area contributed by atoms with Crippen molar-refractivity contribution in [3.63, 3.8) is 0 Å². The second kappa shape index (κ2) is 6.98. The number of hydrogen-bond acceptors (Lipinski definition) is 4. The molecule has 0 bridgehead atoms. The highest BCUT2D eigenvalue weighted by molar-refractivity contribution is 6.60.